The Morgan fingerprint density at radius 2 is 2.10 bits per heavy atom. The Labute approximate surface area is 133 Å². The highest BCUT2D eigenvalue weighted by Crippen LogP contribution is 2.28. The first-order valence-electron chi connectivity index (χ1n) is 7.72. The summed E-state index contributed by atoms with van der Waals surface area (Å²) in [6.07, 6.45) is 5.82. The van der Waals surface area contributed by atoms with E-state index in [9.17, 15) is 4.79 Å². The molecule has 0 aromatic carbocycles. The number of nitrogens with one attached hydrogen (secondary N) is 3. The van der Waals surface area contributed by atoms with E-state index in [4.69, 9.17) is 0 Å². The predicted molar refractivity (Wildman–Crippen MR) is 91.9 cm³/mol. The Kier molecular flexibility index (Phi) is 7.35. The molecule has 1 aliphatic rings. The first-order chi connectivity index (χ1) is 9.92. The Hall–Kier alpha value is -0.910. The van der Waals surface area contributed by atoms with Gasteiger partial charge in [-0.15, -0.1) is 0 Å². The van der Waals surface area contributed by atoms with Crippen molar-refractivity contribution in [3.8, 4) is 0 Å². The maximum atomic E-state index is 11.8. The molecule has 2 atom stereocenters. The Balaban J connectivity index is 2.60. The second-order valence-corrected chi connectivity index (χ2v) is 7.31. The molecule has 1 aliphatic carbocycles. The smallest absolute Gasteiger partial charge is 0.227 e. The molecule has 1 fully saturated rings. The van der Waals surface area contributed by atoms with Crippen molar-refractivity contribution in [1.29, 1.82) is 0 Å². The molecular weight excluding hydrogens is 284 g/mol. The molecule has 0 aromatic heterocycles. The predicted octanol–water partition coefficient (Wildman–Crippen LogP) is 1.60. The van der Waals surface area contributed by atoms with Crippen molar-refractivity contribution in [2.24, 2.45) is 10.4 Å². The fraction of sp³-hybridized carbons (Fsp3) is 0.867. The average Bonchev–Trinajstić information content (AvgIpc) is 2.91. The molecule has 1 rings (SSSR count). The largest absolute Gasteiger partial charge is 0.359 e. The van der Waals surface area contributed by atoms with Crippen LogP contribution >= 0.6 is 11.8 Å². The van der Waals surface area contributed by atoms with Gasteiger partial charge >= 0.3 is 0 Å². The van der Waals surface area contributed by atoms with Crippen molar-refractivity contribution in [2.45, 2.75) is 51.3 Å². The van der Waals surface area contributed by atoms with Gasteiger partial charge in [0.25, 0.3) is 0 Å². The van der Waals surface area contributed by atoms with E-state index in [2.05, 4.69) is 34.1 Å². The summed E-state index contributed by atoms with van der Waals surface area (Å²) in [4.78, 5) is 16.4. The number of guanidine groups is 1. The van der Waals surface area contributed by atoms with Crippen LogP contribution in [-0.2, 0) is 4.79 Å². The van der Waals surface area contributed by atoms with Gasteiger partial charge in [0.2, 0.25) is 5.91 Å². The highest BCUT2D eigenvalue weighted by molar-refractivity contribution is 7.99. The third kappa shape index (κ3) is 5.77. The van der Waals surface area contributed by atoms with Crippen LogP contribution in [0.5, 0.6) is 0 Å². The van der Waals surface area contributed by atoms with Gasteiger partial charge in [-0.2, -0.15) is 11.8 Å². The third-order valence-electron chi connectivity index (χ3n) is 3.88. The molecule has 0 spiro atoms. The van der Waals surface area contributed by atoms with Gasteiger partial charge in [0, 0.05) is 24.9 Å². The van der Waals surface area contributed by atoms with Crippen molar-refractivity contribution in [1.82, 2.24) is 16.0 Å². The topological polar surface area (TPSA) is 65.5 Å². The first kappa shape index (κ1) is 18.1. The van der Waals surface area contributed by atoms with Gasteiger partial charge in [0.15, 0.2) is 5.96 Å². The minimum Gasteiger partial charge on any atom is -0.359 e. The Bertz CT molecular complexity index is 371. The first-order valence-corrected chi connectivity index (χ1v) is 9.01. The van der Waals surface area contributed by atoms with Gasteiger partial charge in [-0.25, -0.2) is 0 Å². The van der Waals surface area contributed by atoms with E-state index < -0.39 is 5.41 Å². The molecule has 0 aromatic rings. The fourth-order valence-electron chi connectivity index (χ4n) is 2.49. The molecular formula is C15H30N4OS. The van der Waals surface area contributed by atoms with Crippen molar-refractivity contribution in [3.63, 3.8) is 0 Å². The molecule has 2 unspecified atom stereocenters. The number of rotatable bonds is 6. The summed E-state index contributed by atoms with van der Waals surface area (Å²) < 4.78 is 0. The van der Waals surface area contributed by atoms with E-state index in [0.29, 0.717) is 12.6 Å². The number of amides is 1. The van der Waals surface area contributed by atoms with Crippen molar-refractivity contribution in [2.75, 3.05) is 26.4 Å². The maximum absolute atomic E-state index is 11.8. The molecule has 0 aliphatic heterocycles. The van der Waals surface area contributed by atoms with Gasteiger partial charge in [-0.1, -0.05) is 0 Å². The van der Waals surface area contributed by atoms with Crippen molar-refractivity contribution < 1.29 is 4.79 Å². The van der Waals surface area contributed by atoms with Gasteiger partial charge in [0.05, 0.1) is 12.0 Å². The molecule has 5 nitrogen and oxygen atoms in total. The minimum absolute atomic E-state index is 0.0189. The minimum atomic E-state index is -0.491. The number of hydrogen-bond donors (Lipinski definition) is 3. The van der Waals surface area contributed by atoms with Crippen LogP contribution in [0.2, 0.25) is 0 Å². The van der Waals surface area contributed by atoms with Crippen LogP contribution in [0.15, 0.2) is 4.99 Å². The molecule has 0 bridgehead atoms. The summed E-state index contributed by atoms with van der Waals surface area (Å²) >= 11 is 1.95. The monoisotopic (exact) mass is 314 g/mol. The van der Waals surface area contributed by atoms with Crippen LogP contribution in [0, 0.1) is 5.41 Å². The number of carbonyl (C=O) groups is 1. The molecule has 1 amide bonds. The summed E-state index contributed by atoms with van der Waals surface area (Å²) in [7, 11) is 1.67. The van der Waals surface area contributed by atoms with Gasteiger partial charge in [0.1, 0.15) is 0 Å². The summed E-state index contributed by atoms with van der Waals surface area (Å²) in [5, 5.41) is 10.2. The molecule has 0 heterocycles. The quantitative estimate of drug-likeness (QED) is 0.515. The van der Waals surface area contributed by atoms with E-state index in [1.807, 2.05) is 25.6 Å². The zero-order valence-corrected chi connectivity index (χ0v) is 14.8. The highest BCUT2D eigenvalue weighted by atomic mass is 32.2. The van der Waals surface area contributed by atoms with E-state index in [1.165, 1.54) is 19.3 Å². The van der Waals surface area contributed by atoms with Crippen LogP contribution in [0.25, 0.3) is 0 Å². The molecule has 1 saturated carbocycles. The van der Waals surface area contributed by atoms with Crippen LogP contribution in [0.4, 0.5) is 0 Å². The standard InChI is InChI=1S/C15H30N4OS/c1-6-17-14(18-10-15(2,3)13(20)16-4)19-11-7-8-12(9-11)21-5/h11-12H,6-10H2,1-5H3,(H,16,20)(H2,17,18,19). The number of carbonyl (C=O) groups excluding carboxylic acids is 1. The summed E-state index contributed by atoms with van der Waals surface area (Å²) in [6.45, 7) is 7.18. The molecule has 21 heavy (non-hydrogen) atoms. The lowest BCUT2D eigenvalue weighted by Gasteiger charge is -2.22. The van der Waals surface area contributed by atoms with Gasteiger partial charge in [-0.05, 0) is 46.3 Å². The Morgan fingerprint density at radius 1 is 1.38 bits per heavy atom. The summed E-state index contributed by atoms with van der Waals surface area (Å²) in [5.41, 5.74) is -0.491. The lowest BCUT2D eigenvalue weighted by atomic mass is 9.93. The third-order valence-corrected chi connectivity index (χ3v) is 4.97. The van der Waals surface area contributed by atoms with E-state index in [-0.39, 0.29) is 5.91 Å². The van der Waals surface area contributed by atoms with Crippen molar-refractivity contribution in [3.05, 3.63) is 0 Å². The molecule has 0 saturated heterocycles. The van der Waals surface area contributed by atoms with Gasteiger partial charge < -0.3 is 16.0 Å². The van der Waals surface area contributed by atoms with Crippen LogP contribution in [0.3, 0.4) is 0 Å². The highest BCUT2D eigenvalue weighted by Gasteiger charge is 2.27. The van der Waals surface area contributed by atoms with E-state index in [0.717, 1.165) is 17.8 Å². The second-order valence-electron chi connectivity index (χ2n) is 6.17. The van der Waals surface area contributed by atoms with E-state index >= 15 is 0 Å². The van der Waals surface area contributed by atoms with E-state index in [1.54, 1.807) is 7.05 Å². The molecule has 6 heteroatoms. The zero-order chi connectivity index (χ0) is 15.9. The van der Waals surface area contributed by atoms with Gasteiger partial charge in [-0.3, -0.25) is 9.79 Å². The van der Waals surface area contributed by atoms with Crippen LogP contribution < -0.4 is 16.0 Å². The van der Waals surface area contributed by atoms with Crippen LogP contribution in [0.1, 0.15) is 40.0 Å². The number of hydrogen-bond acceptors (Lipinski definition) is 3. The molecule has 3 N–H and O–H groups in total. The summed E-state index contributed by atoms with van der Waals surface area (Å²) in [6, 6.07) is 0.489. The lowest BCUT2D eigenvalue weighted by Crippen LogP contribution is -2.44. The van der Waals surface area contributed by atoms with Crippen molar-refractivity contribution >= 4 is 23.6 Å². The molecule has 122 valence electrons. The fourth-order valence-corrected chi connectivity index (χ4v) is 3.28. The number of aliphatic imine (C=N–C) groups is 1. The lowest BCUT2D eigenvalue weighted by molar-refractivity contribution is -0.128. The molecule has 0 radical (unpaired) electrons. The summed E-state index contributed by atoms with van der Waals surface area (Å²) in [5.74, 6) is 0.839. The SMILES string of the molecule is CCNC(=NCC(C)(C)C(=O)NC)NC1CCC(SC)C1. The number of nitrogens with zero attached hydrogens (tertiary/aromatic N) is 1. The normalized spacial score (nSPS) is 23.0. The Morgan fingerprint density at radius 3 is 2.62 bits per heavy atom. The maximum Gasteiger partial charge on any atom is 0.227 e. The zero-order valence-electron chi connectivity index (χ0n) is 14.0. The second kappa shape index (κ2) is 8.51. The van der Waals surface area contributed by atoms with Crippen LogP contribution in [-0.4, -0.2) is 49.6 Å². The number of thioether (sulfide) groups is 1. The average molecular weight is 314 g/mol.